The largest absolute Gasteiger partial charge is 0.392 e. The molecule has 1 aromatic carbocycles. The zero-order valence-electron chi connectivity index (χ0n) is 10.6. The van der Waals surface area contributed by atoms with E-state index in [2.05, 4.69) is 0 Å². The van der Waals surface area contributed by atoms with E-state index in [1.54, 1.807) is 0 Å². The highest BCUT2D eigenvalue weighted by Crippen LogP contribution is 2.25. The molecule has 0 aliphatic carbocycles. The molecule has 0 atom stereocenters. The van der Waals surface area contributed by atoms with E-state index in [9.17, 15) is 12.8 Å². The summed E-state index contributed by atoms with van der Waals surface area (Å²) < 4.78 is 44.1. The lowest BCUT2D eigenvalue weighted by Gasteiger charge is -2.18. The fraction of sp³-hybridized carbons (Fsp3) is 0.455. The van der Waals surface area contributed by atoms with E-state index in [-0.39, 0.29) is 23.7 Å². The van der Waals surface area contributed by atoms with Crippen molar-refractivity contribution in [3.8, 4) is 0 Å². The highest BCUT2D eigenvalue weighted by molar-refractivity contribution is 7.89. The molecule has 0 radical (unpaired) electrons. The first kappa shape index (κ1) is 16.3. The fourth-order valence-corrected chi connectivity index (χ4v) is 3.02. The maximum atomic E-state index is 14.0. The minimum atomic E-state index is -4.01. The van der Waals surface area contributed by atoms with Crippen LogP contribution in [-0.2, 0) is 21.4 Å². The highest BCUT2D eigenvalue weighted by Gasteiger charge is 2.26. The van der Waals surface area contributed by atoms with Gasteiger partial charge in [0.25, 0.3) is 0 Å². The smallest absolute Gasteiger partial charge is 0.245 e. The normalized spacial score (nSPS) is 12.1. The average Bonchev–Trinajstić information content (AvgIpc) is 2.37. The molecule has 8 heteroatoms. The molecule has 19 heavy (non-hydrogen) atoms. The number of nitrogens with zero attached hydrogens (tertiary/aromatic N) is 1. The molecule has 5 nitrogen and oxygen atoms in total. The second-order valence-corrected chi connectivity index (χ2v) is 6.30. The SMILES string of the molecule is COCCN(C)S(=O)(=O)c1cc(Cl)cc(CO)c1F. The van der Waals surface area contributed by atoms with E-state index < -0.39 is 27.3 Å². The number of hydrogen-bond acceptors (Lipinski definition) is 4. The molecule has 1 N–H and O–H groups in total. The van der Waals surface area contributed by atoms with E-state index in [1.807, 2.05) is 0 Å². The van der Waals surface area contributed by atoms with Crippen LogP contribution in [0.2, 0.25) is 5.02 Å². The third-order valence-corrected chi connectivity index (χ3v) is 4.62. The Morgan fingerprint density at radius 1 is 1.47 bits per heavy atom. The van der Waals surface area contributed by atoms with Crippen molar-refractivity contribution in [1.29, 1.82) is 0 Å². The molecule has 0 aromatic heterocycles. The molecule has 1 aromatic rings. The summed E-state index contributed by atoms with van der Waals surface area (Å²) in [6.45, 7) is -0.360. The molecule has 0 amide bonds. The lowest BCUT2D eigenvalue weighted by molar-refractivity contribution is 0.185. The summed E-state index contributed by atoms with van der Waals surface area (Å²) in [5.41, 5.74) is -0.161. The van der Waals surface area contributed by atoms with Crippen LogP contribution in [0.25, 0.3) is 0 Å². The molecular formula is C11H15ClFNO4S. The number of benzene rings is 1. The summed E-state index contributed by atoms with van der Waals surface area (Å²) in [7, 11) is -1.27. The van der Waals surface area contributed by atoms with Gasteiger partial charge < -0.3 is 9.84 Å². The summed E-state index contributed by atoms with van der Waals surface area (Å²) in [6.07, 6.45) is 0. The third-order valence-electron chi connectivity index (χ3n) is 2.55. The summed E-state index contributed by atoms with van der Waals surface area (Å²) in [5.74, 6) is -0.990. The molecule has 0 heterocycles. The van der Waals surface area contributed by atoms with Gasteiger partial charge in [-0.2, -0.15) is 4.31 Å². The molecule has 0 fully saturated rings. The molecule has 0 spiro atoms. The zero-order chi connectivity index (χ0) is 14.6. The molecule has 0 unspecified atom stereocenters. The van der Waals surface area contributed by atoms with Crippen LogP contribution in [0.4, 0.5) is 4.39 Å². The maximum absolute atomic E-state index is 14.0. The lowest BCUT2D eigenvalue weighted by atomic mass is 10.2. The second-order valence-electron chi connectivity index (χ2n) is 3.85. The van der Waals surface area contributed by atoms with E-state index in [0.717, 1.165) is 10.4 Å². The molecule has 0 aliphatic heterocycles. The van der Waals surface area contributed by atoms with E-state index >= 15 is 0 Å². The molecular weight excluding hydrogens is 297 g/mol. The Labute approximate surface area is 116 Å². The maximum Gasteiger partial charge on any atom is 0.245 e. The Balaban J connectivity index is 3.25. The van der Waals surface area contributed by atoms with Gasteiger partial charge in [0, 0.05) is 31.3 Å². The summed E-state index contributed by atoms with van der Waals surface area (Å²) >= 11 is 5.73. The quantitative estimate of drug-likeness (QED) is 0.858. The fourth-order valence-electron chi connectivity index (χ4n) is 1.43. The standard InChI is InChI=1S/C11H15ClFNO4S/c1-14(3-4-18-2)19(16,17)10-6-9(12)5-8(7-15)11(10)13/h5-6,15H,3-4,7H2,1-2H3. The van der Waals surface area contributed by atoms with Crippen LogP contribution in [-0.4, -0.2) is 45.1 Å². The Hall–Kier alpha value is -0.730. The van der Waals surface area contributed by atoms with Gasteiger partial charge >= 0.3 is 0 Å². The van der Waals surface area contributed by atoms with E-state index in [0.29, 0.717) is 0 Å². The summed E-state index contributed by atoms with van der Waals surface area (Å²) in [4.78, 5) is -0.553. The number of ether oxygens (including phenoxy) is 1. The second kappa shape index (κ2) is 6.62. The zero-order valence-corrected chi connectivity index (χ0v) is 12.1. The van der Waals surface area contributed by atoms with Crippen molar-refractivity contribution < 1.29 is 22.7 Å². The topological polar surface area (TPSA) is 66.8 Å². The Bertz CT molecular complexity index is 550. The molecule has 0 aliphatic rings. The Kier molecular flexibility index (Phi) is 5.69. The minimum Gasteiger partial charge on any atom is -0.392 e. The van der Waals surface area contributed by atoms with Gasteiger partial charge in [-0.05, 0) is 12.1 Å². The van der Waals surface area contributed by atoms with Crippen LogP contribution in [0.1, 0.15) is 5.56 Å². The van der Waals surface area contributed by atoms with Crippen LogP contribution in [0.5, 0.6) is 0 Å². The van der Waals surface area contributed by atoms with Crippen molar-refractivity contribution in [1.82, 2.24) is 4.31 Å². The van der Waals surface area contributed by atoms with Crippen molar-refractivity contribution in [2.45, 2.75) is 11.5 Å². The van der Waals surface area contributed by atoms with Crippen LogP contribution in [0.15, 0.2) is 17.0 Å². The van der Waals surface area contributed by atoms with Crippen molar-refractivity contribution in [3.63, 3.8) is 0 Å². The van der Waals surface area contributed by atoms with Crippen molar-refractivity contribution in [2.75, 3.05) is 27.3 Å². The number of methoxy groups -OCH3 is 1. The van der Waals surface area contributed by atoms with Crippen LogP contribution >= 0.6 is 11.6 Å². The number of sulfonamides is 1. The molecule has 0 bridgehead atoms. The van der Waals surface area contributed by atoms with Gasteiger partial charge in [-0.15, -0.1) is 0 Å². The third kappa shape index (κ3) is 3.64. The summed E-state index contributed by atoms with van der Waals surface area (Å²) in [6, 6.07) is 2.21. The van der Waals surface area contributed by atoms with Crippen molar-refractivity contribution >= 4 is 21.6 Å². The number of aliphatic hydroxyl groups is 1. The molecule has 0 saturated carbocycles. The van der Waals surface area contributed by atoms with Crippen LogP contribution < -0.4 is 0 Å². The van der Waals surface area contributed by atoms with Gasteiger partial charge in [0.1, 0.15) is 10.7 Å². The predicted molar refractivity (Wildman–Crippen MR) is 69.0 cm³/mol. The molecule has 108 valence electrons. The van der Waals surface area contributed by atoms with Crippen LogP contribution in [0, 0.1) is 5.82 Å². The Morgan fingerprint density at radius 2 is 2.11 bits per heavy atom. The minimum absolute atomic E-state index is 0.0455. The number of hydrogen-bond donors (Lipinski definition) is 1. The Morgan fingerprint density at radius 3 is 2.63 bits per heavy atom. The predicted octanol–water partition coefficient (Wildman–Crippen LogP) is 1.24. The highest BCUT2D eigenvalue weighted by atomic mass is 35.5. The first-order chi connectivity index (χ1) is 8.84. The number of halogens is 2. The molecule has 0 saturated heterocycles. The van der Waals surface area contributed by atoms with Crippen LogP contribution in [0.3, 0.4) is 0 Å². The number of rotatable bonds is 6. The van der Waals surface area contributed by atoms with Gasteiger partial charge in [-0.3, -0.25) is 0 Å². The number of aliphatic hydroxyl groups excluding tert-OH is 1. The molecule has 1 rings (SSSR count). The van der Waals surface area contributed by atoms with Gasteiger partial charge in [-0.1, -0.05) is 11.6 Å². The van der Waals surface area contributed by atoms with Gasteiger partial charge in [0.15, 0.2) is 0 Å². The van der Waals surface area contributed by atoms with Gasteiger partial charge in [0.05, 0.1) is 13.2 Å². The van der Waals surface area contributed by atoms with E-state index in [1.165, 1.54) is 20.2 Å². The summed E-state index contributed by atoms with van der Waals surface area (Å²) in [5, 5.41) is 9.03. The van der Waals surface area contributed by atoms with E-state index in [4.69, 9.17) is 21.4 Å². The van der Waals surface area contributed by atoms with Crippen molar-refractivity contribution in [3.05, 3.63) is 28.5 Å². The first-order valence-electron chi connectivity index (χ1n) is 5.38. The van der Waals surface area contributed by atoms with Gasteiger partial charge in [-0.25, -0.2) is 12.8 Å². The van der Waals surface area contributed by atoms with Crippen molar-refractivity contribution in [2.24, 2.45) is 0 Å². The monoisotopic (exact) mass is 311 g/mol. The number of likely N-dealkylation sites (N-methyl/N-ethyl adjacent to an activating group) is 1. The first-order valence-corrected chi connectivity index (χ1v) is 7.20. The lowest BCUT2D eigenvalue weighted by Crippen LogP contribution is -2.31. The van der Waals surface area contributed by atoms with Gasteiger partial charge in [0.2, 0.25) is 10.0 Å². The average molecular weight is 312 g/mol.